The summed E-state index contributed by atoms with van der Waals surface area (Å²) < 4.78 is 0. The van der Waals surface area contributed by atoms with Gasteiger partial charge in [0.15, 0.2) is 5.69 Å². The zero-order chi connectivity index (χ0) is 13.1. The SMILES string of the molecule is N#Cc1ccc(-c2ccc(C(=O)O)nc2N)cc1. The molecule has 3 N–H and O–H groups in total. The third kappa shape index (κ3) is 2.13. The number of aromatic carboxylic acids is 1. The topological polar surface area (TPSA) is 100 Å². The van der Waals surface area contributed by atoms with Crippen molar-refractivity contribution in [1.82, 2.24) is 4.98 Å². The molecule has 0 aliphatic rings. The summed E-state index contributed by atoms with van der Waals surface area (Å²) in [6.07, 6.45) is 0. The number of nitrogens with two attached hydrogens (primary N) is 1. The van der Waals surface area contributed by atoms with Crippen LogP contribution in [0.25, 0.3) is 11.1 Å². The molecule has 0 atom stereocenters. The van der Waals surface area contributed by atoms with E-state index in [4.69, 9.17) is 16.1 Å². The molecule has 0 aliphatic carbocycles. The van der Waals surface area contributed by atoms with Crippen LogP contribution in [-0.4, -0.2) is 16.1 Å². The van der Waals surface area contributed by atoms with E-state index in [9.17, 15) is 4.79 Å². The summed E-state index contributed by atoms with van der Waals surface area (Å²) in [4.78, 5) is 14.5. The van der Waals surface area contributed by atoms with Gasteiger partial charge >= 0.3 is 5.97 Å². The van der Waals surface area contributed by atoms with Gasteiger partial charge in [-0.05, 0) is 29.8 Å². The number of rotatable bonds is 2. The van der Waals surface area contributed by atoms with Gasteiger partial charge in [-0.2, -0.15) is 5.26 Å². The molecule has 0 amide bonds. The minimum atomic E-state index is -1.12. The first-order chi connectivity index (χ1) is 8.61. The fourth-order valence-corrected chi connectivity index (χ4v) is 1.56. The number of aromatic nitrogens is 1. The van der Waals surface area contributed by atoms with Gasteiger partial charge in [0.25, 0.3) is 0 Å². The van der Waals surface area contributed by atoms with Crippen molar-refractivity contribution >= 4 is 11.8 Å². The number of nitriles is 1. The van der Waals surface area contributed by atoms with E-state index in [0.29, 0.717) is 11.1 Å². The van der Waals surface area contributed by atoms with Crippen LogP contribution < -0.4 is 5.73 Å². The van der Waals surface area contributed by atoms with E-state index < -0.39 is 5.97 Å². The average molecular weight is 239 g/mol. The first-order valence-electron chi connectivity index (χ1n) is 5.12. The Labute approximate surface area is 103 Å². The predicted molar refractivity (Wildman–Crippen MR) is 65.8 cm³/mol. The van der Waals surface area contributed by atoms with Gasteiger partial charge in [-0.1, -0.05) is 12.1 Å². The number of carboxylic acids is 1. The van der Waals surface area contributed by atoms with Crippen LogP contribution >= 0.6 is 0 Å². The Kier molecular flexibility index (Phi) is 2.94. The van der Waals surface area contributed by atoms with Crippen molar-refractivity contribution in [1.29, 1.82) is 5.26 Å². The van der Waals surface area contributed by atoms with Gasteiger partial charge in [-0.3, -0.25) is 0 Å². The highest BCUT2D eigenvalue weighted by Gasteiger charge is 2.09. The second-order valence-electron chi connectivity index (χ2n) is 3.62. The number of carboxylic acid groups (broad SMARTS) is 1. The predicted octanol–water partition coefficient (Wildman–Crippen LogP) is 1.90. The van der Waals surface area contributed by atoms with Crippen molar-refractivity contribution < 1.29 is 9.90 Å². The summed E-state index contributed by atoms with van der Waals surface area (Å²) in [5, 5.41) is 17.5. The Morgan fingerprint density at radius 1 is 1.22 bits per heavy atom. The minimum Gasteiger partial charge on any atom is -0.477 e. The highest BCUT2D eigenvalue weighted by atomic mass is 16.4. The van der Waals surface area contributed by atoms with Crippen LogP contribution in [0.4, 0.5) is 5.82 Å². The number of carbonyl (C=O) groups is 1. The van der Waals surface area contributed by atoms with Gasteiger partial charge in [-0.25, -0.2) is 9.78 Å². The molecule has 0 spiro atoms. The van der Waals surface area contributed by atoms with Crippen LogP contribution in [0.3, 0.4) is 0 Å². The Morgan fingerprint density at radius 3 is 2.39 bits per heavy atom. The standard InChI is InChI=1S/C13H9N3O2/c14-7-8-1-3-9(4-2-8)10-5-6-11(13(17)18)16-12(10)15/h1-6H,(H2,15,16)(H,17,18). The van der Waals surface area contributed by atoms with E-state index in [1.165, 1.54) is 6.07 Å². The van der Waals surface area contributed by atoms with Crippen molar-refractivity contribution in [3.63, 3.8) is 0 Å². The van der Waals surface area contributed by atoms with Crippen molar-refractivity contribution in [2.45, 2.75) is 0 Å². The summed E-state index contributed by atoms with van der Waals surface area (Å²) in [5.41, 5.74) is 7.61. The zero-order valence-electron chi connectivity index (χ0n) is 9.29. The highest BCUT2D eigenvalue weighted by molar-refractivity contribution is 5.87. The molecule has 5 heteroatoms. The summed E-state index contributed by atoms with van der Waals surface area (Å²) >= 11 is 0. The summed E-state index contributed by atoms with van der Waals surface area (Å²) in [6.45, 7) is 0. The largest absolute Gasteiger partial charge is 0.477 e. The molecule has 0 saturated carbocycles. The Bertz CT molecular complexity index is 642. The summed E-state index contributed by atoms with van der Waals surface area (Å²) in [7, 11) is 0. The quantitative estimate of drug-likeness (QED) is 0.833. The van der Waals surface area contributed by atoms with Crippen LogP contribution in [-0.2, 0) is 0 Å². The van der Waals surface area contributed by atoms with Crippen LogP contribution in [0, 0.1) is 11.3 Å². The second kappa shape index (κ2) is 4.55. The normalized spacial score (nSPS) is 9.72. The molecule has 0 unspecified atom stereocenters. The van der Waals surface area contributed by atoms with E-state index in [1.807, 2.05) is 6.07 Å². The maximum Gasteiger partial charge on any atom is 0.354 e. The summed E-state index contributed by atoms with van der Waals surface area (Å²) in [5.74, 6) is -0.965. The minimum absolute atomic E-state index is 0.0927. The van der Waals surface area contributed by atoms with Crippen LogP contribution in [0.1, 0.15) is 16.1 Å². The molecular formula is C13H9N3O2. The van der Waals surface area contributed by atoms with E-state index in [0.717, 1.165) is 5.56 Å². The van der Waals surface area contributed by atoms with Crippen LogP contribution in [0.2, 0.25) is 0 Å². The van der Waals surface area contributed by atoms with Crippen LogP contribution in [0.5, 0.6) is 0 Å². The van der Waals surface area contributed by atoms with Gasteiger partial charge in [-0.15, -0.1) is 0 Å². The molecule has 18 heavy (non-hydrogen) atoms. The smallest absolute Gasteiger partial charge is 0.354 e. The first kappa shape index (κ1) is 11.6. The fourth-order valence-electron chi connectivity index (χ4n) is 1.56. The van der Waals surface area contributed by atoms with Gasteiger partial charge in [0.2, 0.25) is 0 Å². The van der Waals surface area contributed by atoms with Gasteiger partial charge in [0, 0.05) is 5.56 Å². The van der Waals surface area contributed by atoms with E-state index in [-0.39, 0.29) is 11.5 Å². The molecule has 1 aromatic heterocycles. The molecule has 0 radical (unpaired) electrons. The van der Waals surface area contributed by atoms with E-state index in [2.05, 4.69) is 4.98 Å². The van der Waals surface area contributed by atoms with Crippen molar-refractivity contribution in [2.75, 3.05) is 5.73 Å². The highest BCUT2D eigenvalue weighted by Crippen LogP contribution is 2.24. The van der Waals surface area contributed by atoms with Gasteiger partial charge in [0.1, 0.15) is 5.82 Å². The number of hydrogen-bond acceptors (Lipinski definition) is 4. The lowest BCUT2D eigenvalue weighted by atomic mass is 10.0. The maximum absolute atomic E-state index is 10.7. The number of benzene rings is 1. The Hall–Kier alpha value is -2.87. The molecule has 88 valence electrons. The van der Waals surface area contributed by atoms with Crippen molar-refractivity contribution in [3.8, 4) is 17.2 Å². The van der Waals surface area contributed by atoms with E-state index in [1.54, 1.807) is 30.3 Å². The number of pyridine rings is 1. The van der Waals surface area contributed by atoms with Crippen LogP contribution in [0.15, 0.2) is 36.4 Å². The lowest BCUT2D eigenvalue weighted by Gasteiger charge is -2.05. The molecule has 1 heterocycles. The van der Waals surface area contributed by atoms with Gasteiger partial charge < -0.3 is 10.8 Å². The third-order valence-electron chi connectivity index (χ3n) is 2.47. The first-order valence-corrected chi connectivity index (χ1v) is 5.12. The average Bonchev–Trinajstić information content (AvgIpc) is 2.38. The number of hydrogen-bond donors (Lipinski definition) is 2. The number of nitrogens with zero attached hydrogens (tertiary/aromatic N) is 2. The Morgan fingerprint density at radius 2 is 1.89 bits per heavy atom. The molecule has 0 fully saturated rings. The van der Waals surface area contributed by atoms with Crippen molar-refractivity contribution in [3.05, 3.63) is 47.7 Å². The van der Waals surface area contributed by atoms with Crippen molar-refractivity contribution in [2.24, 2.45) is 0 Å². The van der Waals surface area contributed by atoms with Gasteiger partial charge in [0.05, 0.1) is 11.6 Å². The second-order valence-corrected chi connectivity index (χ2v) is 3.62. The lowest BCUT2D eigenvalue weighted by Crippen LogP contribution is -2.04. The number of anilines is 1. The molecule has 2 aromatic rings. The molecular weight excluding hydrogens is 230 g/mol. The number of nitrogen functional groups attached to an aromatic ring is 1. The maximum atomic E-state index is 10.7. The Balaban J connectivity index is 2.45. The molecule has 0 bridgehead atoms. The fraction of sp³-hybridized carbons (Fsp3) is 0. The summed E-state index contributed by atoms with van der Waals surface area (Å²) in [6, 6.07) is 11.8. The lowest BCUT2D eigenvalue weighted by molar-refractivity contribution is 0.0690. The zero-order valence-corrected chi connectivity index (χ0v) is 9.29. The monoisotopic (exact) mass is 239 g/mol. The molecule has 1 aromatic carbocycles. The van der Waals surface area contributed by atoms with E-state index >= 15 is 0 Å². The molecule has 0 saturated heterocycles. The molecule has 2 rings (SSSR count). The molecule has 5 nitrogen and oxygen atoms in total. The third-order valence-corrected chi connectivity index (χ3v) is 2.47. The molecule has 0 aliphatic heterocycles.